The number of hydrogen-bond acceptors (Lipinski definition) is 2. The zero-order valence-corrected chi connectivity index (χ0v) is 14.0. The Kier molecular flexibility index (Phi) is 5.43. The quantitative estimate of drug-likeness (QED) is 0.927. The number of halogens is 1. The number of hydrogen-bond donors (Lipinski definition) is 1. The molecule has 0 atom stereocenters. The number of carbonyl (C=O) groups is 2. The summed E-state index contributed by atoms with van der Waals surface area (Å²) >= 11 is 0. The van der Waals surface area contributed by atoms with Gasteiger partial charge in [0, 0.05) is 30.8 Å². The number of amides is 2. The third kappa shape index (κ3) is 4.44. The van der Waals surface area contributed by atoms with Crippen LogP contribution in [-0.4, -0.2) is 29.8 Å². The molecule has 3 rings (SSSR count). The van der Waals surface area contributed by atoms with E-state index in [0.29, 0.717) is 17.7 Å². The number of nitrogens with one attached hydrogen (secondary N) is 1. The first kappa shape index (κ1) is 17.1. The number of piperidine rings is 1. The lowest BCUT2D eigenvalue weighted by molar-refractivity contribution is 0.0724. The van der Waals surface area contributed by atoms with Crippen LogP contribution in [0.2, 0.25) is 0 Å². The second kappa shape index (κ2) is 7.92. The molecule has 1 aliphatic heterocycles. The highest BCUT2D eigenvalue weighted by Gasteiger charge is 2.19. The Labute approximate surface area is 146 Å². The van der Waals surface area contributed by atoms with Crippen molar-refractivity contribution in [1.82, 2.24) is 10.2 Å². The minimum absolute atomic E-state index is 0.0205. The highest BCUT2D eigenvalue weighted by Crippen LogP contribution is 2.14. The maximum atomic E-state index is 12.9. The normalized spacial score (nSPS) is 14.2. The first-order valence-corrected chi connectivity index (χ1v) is 8.55. The van der Waals surface area contributed by atoms with Crippen molar-refractivity contribution in [2.45, 2.75) is 25.8 Å². The van der Waals surface area contributed by atoms with Crippen LogP contribution in [0, 0.1) is 5.82 Å². The van der Waals surface area contributed by atoms with E-state index in [1.54, 1.807) is 36.4 Å². The topological polar surface area (TPSA) is 49.4 Å². The fourth-order valence-electron chi connectivity index (χ4n) is 2.96. The van der Waals surface area contributed by atoms with E-state index in [9.17, 15) is 14.0 Å². The van der Waals surface area contributed by atoms with Crippen molar-refractivity contribution in [1.29, 1.82) is 0 Å². The third-order valence-corrected chi connectivity index (χ3v) is 4.38. The van der Waals surface area contributed by atoms with Crippen LogP contribution in [0.3, 0.4) is 0 Å². The Morgan fingerprint density at radius 1 is 0.960 bits per heavy atom. The van der Waals surface area contributed by atoms with E-state index < -0.39 is 0 Å². The average molecular weight is 340 g/mol. The molecule has 2 amide bonds. The second-order valence-corrected chi connectivity index (χ2v) is 6.24. The molecule has 0 aromatic heterocycles. The summed E-state index contributed by atoms with van der Waals surface area (Å²) in [5.41, 5.74) is 1.80. The number of nitrogens with zero attached hydrogens (tertiary/aromatic N) is 1. The van der Waals surface area contributed by atoms with Crippen molar-refractivity contribution in [3.05, 3.63) is 71.0 Å². The molecule has 25 heavy (non-hydrogen) atoms. The summed E-state index contributed by atoms with van der Waals surface area (Å²) in [6.45, 7) is 1.86. The molecule has 130 valence electrons. The Balaban J connectivity index is 1.64. The molecule has 0 saturated carbocycles. The van der Waals surface area contributed by atoms with Crippen molar-refractivity contribution in [2.24, 2.45) is 0 Å². The molecule has 1 saturated heterocycles. The molecule has 0 spiro atoms. The monoisotopic (exact) mass is 340 g/mol. The Bertz CT molecular complexity index is 753. The van der Waals surface area contributed by atoms with Crippen molar-refractivity contribution < 1.29 is 14.0 Å². The van der Waals surface area contributed by atoms with Gasteiger partial charge in [-0.15, -0.1) is 0 Å². The van der Waals surface area contributed by atoms with Gasteiger partial charge in [0.1, 0.15) is 5.82 Å². The molecule has 5 heteroatoms. The molecule has 0 unspecified atom stereocenters. The van der Waals surface area contributed by atoms with Gasteiger partial charge in [-0.25, -0.2) is 4.39 Å². The first-order valence-electron chi connectivity index (χ1n) is 8.55. The fourth-order valence-corrected chi connectivity index (χ4v) is 2.96. The van der Waals surface area contributed by atoms with Gasteiger partial charge in [-0.1, -0.05) is 18.2 Å². The smallest absolute Gasteiger partial charge is 0.253 e. The summed E-state index contributed by atoms with van der Waals surface area (Å²) < 4.78 is 12.9. The number of rotatable bonds is 4. The molecule has 1 heterocycles. The largest absolute Gasteiger partial charge is 0.348 e. The number of carbonyl (C=O) groups excluding carboxylic acids is 2. The van der Waals surface area contributed by atoms with E-state index in [0.717, 1.165) is 37.9 Å². The summed E-state index contributed by atoms with van der Waals surface area (Å²) in [7, 11) is 0. The van der Waals surface area contributed by atoms with Gasteiger partial charge in [-0.3, -0.25) is 9.59 Å². The number of likely N-dealkylation sites (tertiary alicyclic amines) is 1. The summed E-state index contributed by atoms with van der Waals surface area (Å²) in [6, 6.07) is 12.8. The van der Waals surface area contributed by atoms with Gasteiger partial charge < -0.3 is 10.2 Å². The molecule has 1 aliphatic rings. The van der Waals surface area contributed by atoms with Gasteiger partial charge in [-0.2, -0.15) is 0 Å². The second-order valence-electron chi connectivity index (χ2n) is 6.24. The van der Waals surface area contributed by atoms with Crippen LogP contribution in [-0.2, 0) is 6.54 Å². The molecular formula is C20H21FN2O2. The van der Waals surface area contributed by atoms with Crippen LogP contribution < -0.4 is 5.32 Å². The molecule has 0 aliphatic carbocycles. The predicted octanol–water partition coefficient (Wildman–Crippen LogP) is 3.38. The van der Waals surface area contributed by atoms with Gasteiger partial charge in [0.25, 0.3) is 11.8 Å². The molecule has 0 radical (unpaired) electrons. The van der Waals surface area contributed by atoms with Crippen molar-refractivity contribution in [3.63, 3.8) is 0 Å². The van der Waals surface area contributed by atoms with Crippen LogP contribution in [0.25, 0.3) is 0 Å². The molecular weight excluding hydrogens is 319 g/mol. The van der Waals surface area contributed by atoms with E-state index in [-0.39, 0.29) is 17.6 Å². The van der Waals surface area contributed by atoms with Crippen LogP contribution in [0.1, 0.15) is 45.5 Å². The fraction of sp³-hybridized carbons (Fsp3) is 0.300. The third-order valence-electron chi connectivity index (χ3n) is 4.38. The minimum Gasteiger partial charge on any atom is -0.348 e. The molecule has 2 aromatic rings. The first-order chi connectivity index (χ1) is 12.1. The van der Waals surface area contributed by atoms with Crippen LogP contribution in [0.15, 0.2) is 48.5 Å². The Morgan fingerprint density at radius 3 is 2.36 bits per heavy atom. The van der Waals surface area contributed by atoms with Crippen LogP contribution in [0.5, 0.6) is 0 Å². The van der Waals surface area contributed by atoms with Gasteiger partial charge >= 0.3 is 0 Å². The zero-order chi connectivity index (χ0) is 17.6. The molecule has 4 nitrogen and oxygen atoms in total. The molecule has 0 bridgehead atoms. The van der Waals surface area contributed by atoms with E-state index in [1.807, 2.05) is 4.90 Å². The lowest BCUT2D eigenvalue weighted by atomic mass is 10.1. The predicted molar refractivity (Wildman–Crippen MR) is 93.8 cm³/mol. The zero-order valence-electron chi connectivity index (χ0n) is 14.0. The van der Waals surface area contributed by atoms with Crippen LogP contribution in [0.4, 0.5) is 4.39 Å². The lowest BCUT2D eigenvalue weighted by Gasteiger charge is -2.26. The molecule has 1 N–H and O–H groups in total. The summed E-state index contributed by atoms with van der Waals surface area (Å²) in [6.07, 6.45) is 3.22. The standard InChI is InChI=1S/C20H21FN2O2/c21-18-9-7-15(8-10-18)14-22-19(24)16-5-4-6-17(13-16)20(25)23-11-2-1-3-12-23/h4-10,13H,1-3,11-12,14H2,(H,22,24). The van der Waals surface area contributed by atoms with E-state index in [2.05, 4.69) is 5.32 Å². The highest BCUT2D eigenvalue weighted by molar-refractivity contribution is 5.99. The van der Waals surface area contributed by atoms with E-state index in [4.69, 9.17) is 0 Å². The van der Waals surface area contributed by atoms with Crippen molar-refractivity contribution in [2.75, 3.05) is 13.1 Å². The molecule has 2 aromatic carbocycles. The number of benzene rings is 2. The van der Waals surface area contributed by atoms with Gasteiger partial charge in [0.15, 0.2) is 0 Å². The van der Waals surface area contributed by atoms with Crippen molar-refractivity contribution in [3.8, 4) is 0 Å². The highest BCUT2D eigenvalue weighted by atomic mass is 19.1. The summed E-state index contributed by atoms with van der Waals surface area (Å²) in [5.74, 6) is -0.579. The molecule has 1 fully saturated rings. The van der Waals surface area contributed by atoms with Crippen LogP contribution >= 0.6 is 0 Å². The lowest BCUT2D eigenvalue weighted by Crippen LogP contribution is -2.35. The van der Waals surface area contributed by atoms with Gasteiger partial charge in [0.2, 0.25) is 0 Å². The maximum absolute atomic E-state index is 12.9. The minimum atomic E-state index is -0.306. The SMILES string of the molecule is O=C(NCc1ccc(F)cc1)c1cccc(C(=O)N2CCCCC2)c1. The van der Waals surface area contributed by atoms with Crippen molar-refractivity contribution >= 4 is 11.8 Å². The summed E-state index contributed by atoms with van der Waals surface area (Å²) in [4.78, 5) is 26.7. The Hall–Kier alpha value is -2.69. The van der Waals surface area contributed by atoms with E-state index >= 15 is 0 Å². The average Bonchev–Trinajstić information content (AvgIpc) is 2.67. The summed E-state index contributed by atoms with van der Waals surface area (Å²) in [5, 5.41) is 2.79. The van der Waals surface area contributed by atoms with E-state index in [1.165, 1.54) is 12.1 Å². The van der Waals surface area contributed by atoms with Gasteiger partial charge in [0.05, 0.1) is 0 Å². The van der Waals surface area contributed by atoms with Gasteiger partial charge in [-0.05, 0) is 55.2 Å². The Morgan fingerprint density at radius 2 is 1.64 bits per heavy atom. The maximum Gasteiger partial charge on any atom is 0.253 e.